The van der Waals surface area contributed by atoms with E-state index in [0.29, 0.717) is 23.5 Å². The van der Waals surface area contributed by atoms with E-state index in [1.165, 1.54) is 5.56 Å². The summed E-state index contributed by atoms with van der Waals surface area (Å²) in [5.74, 6) is 3.61. The quantitative estimate of drug-likeness (QED) is 0.739. The number of nitrogens with zero attached hydrogens (tertiary/aromatic N) is 2. The van der Waals surface area contributed by atoms with Gasteiger partial charge in [0.05, 0.1) is 39.2 Å². The normalized spacial score (nSPS) is 30.5. The molecule has 4 aliphatic rings. The number of piperidine rings is 1. The van der Waals surface area contributed by atoms with E-state index in [4.69, 9.17) is 16.6 Å². The number of benzene rings is 1. The number of hydrogen-bond donors (Lipinski definition) is 2. The topological polar surface area (TPSA) is 65.5 Å². The highest BCUT2D eigenvalue weighted by Gasteiger charge is 2.56. The van der Waals surface area contributed by atoms with Crippen LogP contribution in [0.4, 0.5) is 11.5 Å². The molecule has 1 aromatic carbocycles. The maximum Gasteiger partial charge on any atom is 0.130 e. The number of anilines is 2. The Bertz CT molecular complexity index is 1010. The molecular formula is C23H26ClN3O2S. The molecule has 2 saturated carbocycles. The second-order valence-corrected chi connectivity index (χ2v) is 11.3. The molecule has 3 unspecified atom stereocenters. The highest BCUT2D eigenvalue weighted by molar-refractivity contribution is 7.85. The standard InChI is InChI=1S/C23H26ClN3O2S/c24-15-4-2-14(3-5-15)21-16-11-27(12-17(16)21)20-10-19(26-23(13-28)7-1-8-23)22-18(25-20)6-9-30(22)29/h2-5,10,16-17,21,28H,1,6-9,11-13H2,(H,25,26). The van der Waals surface area contributed by atoms with Gasteiger partial charge in [-0.3, -0.25) is 4.21 Å². The summed E-state index contributed by atoms with van der Waals surface area (Å²) in [6.07, 6.45) is 3.81. The lowest BCUT2D eigenvalue weighted by atomic mass is 9.77. The van der Waals surface area contributed by atoms with Crippen LogP contribution in [0.2, 0.25) is 5.02 Å². The Labute approximate surface area is 184 Å². The zero-order valence-electron chi connectivity index (χ0n) is 16.8. The van der Waals surface area contributed by atoms with Crippen LogP contribution in [0.3, 0.4) is 0 Å². The molecule has 0 bridgehead atoms. The largest absolute Gasteiger partial charge is 0.394 e. The van der Waals surface area contributed by atoms with Crippen LogP contribution in [-0.4, -0.2) is 45.3 Å². The van der Waals surface area contributed by atoms with Gasteiger partial charge in [-0.05, 0) is 54.7 Å². The van der Waals surface area contributed by atoms with Gasteiger partial charge in [0.1, 0.15) is 5.82 Å². The van der Waals surface area contributed by atoms with Crippen molar-refractivity contribution in [3.63, 3.8) is 0 Å². The van der Waals surface area contributed by atoms with Crippen LogP contribution in [-0.2, 0) is 17.2 Å². The summed E-state index contributed by atoms with van der Waals surface area (Å²) >= 11 is 6.04. The molecule has 30 heavy (non-hydrogen) atoms. The van der Waals surface area contributed by atoms with Crippen LogP contribution >= 0.6 is 11.6 Å². The molecule has 0 radical (unpaired) electrons. The average Bonchev–Trinajstić information content (AvgIpc) is 3.04. The maximum absolute atomic E-state index is 12.6. The number of pyridine rings is 1. The predicted octanol–water partition coefficient (Wildman–Crippen LogP) is 3.58. The molecule has 2 aromatic rings. The number of fused-ring (bicyclic) bond motifs is 2. The number of aromatic nitrogens is 1. The molecule has 2 aliphatic carbocycles. The van der Waals surface area contributed by atoms with Gasteiger partial charge in [-0.15, -0.1) is 0 Å². The highest BCUT2D eigenvalue weighted by atomic mass is 35.5. The summed E-state index contributed by atoms with van der Waals surface area (Å²) in [4.78, 5) is 8.18. The van der Waals surface area contributed by atoms with E-state index in [-0.39, 0.29) is 12.1 Å². The van der Waals surface area contributed by atoms with Crippen molar-refractivity contribution >= 4 is 33.9 Å². The van der Waals surface area contributed by atoms with Crippen molar-refractivity contribution in [3.05, 3.63) is 46.6 Å². The Morgan fingerprint density at radius 3 is 2.60 bits per heavy atom. The lowest BCUT2D eigenvalue weighted by Gasteiger charge is -2.42. The highest BCUT2D eigenvalue weighted by Crippen LogP contribution is 2.58. The van der Waals surface area contributed by atoms with E-state index in [2.05, 4.69) is 28.4 Å². The predicted molar refractivity (Wildman–Crippen MR) is 120 cm³/mol. The number of halogens is 1. The van der Waals surface area contributed by atoms with Crippen LogP contribution in [0, 0.1) is 11.8 Å². The Kier molecular flexibility index (Phi) is 4.41. The average molecular weight is 444 g/mol. The lowest BCUT2D eigenvalue weighted by Crippen LogP contribution is -2.48. The van der Waals surface area contributed by atoms with E-state index >= 15 is 0 Å². The fraction of sp³-hybridized carbons (Fsp3) is 0.522. The maximum atomic E-state index is 12.6. The van der Waals surface area contributed by atoms with Crippen molar-refractivity contribution in [2.24, 2.45) is 11.8 Å². The smallest absolute Gasteiger partial charge is 0.130 e. The number of aliphatic hydroxyl groups is 1. The molecule has 5 nitrogen and oxygen atoms in total. The molecule has 1 aromatic heterocycles. The first-order valence-corrected chi connectivity index (χ1v) is 12.6. The zero-order chi connectivity index (χ0) is 20.5. The molecule has 2 N–H and O–H groups in total. The molecule has 158 valence electrons. The summed E-state index contributed by atoms with van der Waals surface area (Å²) < 4.78 is 12.6. The van der Waals surface area contributed by atoms with Gasteiger partial charge in [-0.1, -0.05) is 23.7 Å². The molecule has 0 spiro atoms. The van der Waals surface area contributed by atoms with E-state index < -0.39 is 10.8 Å². The monoisotopic (exact) mass is 443 g/mol. The van der Waals surface area contributed by atoms with Gasteiger partial charge < -0.3 is 15.3 Å². The van der Waals surface area contributed by atoms with E-state index in [1.807, 2.05) is 12.1 Å². The summed E-state index contributed by atoms with van der Waals surface area (Å²) in [6, 6.07) is 10.4. The number of hydrogen-bond acceptors (Lipinski definition) is 5. The number of aryl methyl sites for hydroxylation is 1. The SMILES string of the molecule is O=S1CCc2nc(N3CC4C(C3)C4c3ccc(Cl)cc3)cc(NC3(CO)CCC3)c21. The molecule has 1 saturated heterocycles. The third kappa shape index (κ3) is 2.99. The van der Waals surface area contributed by atoms with Crippen LogP contribution in [0.5, 0.6) is 0 Å². The van der Waals surface area contributed by atoms with Gasteiger partial charge >= 0.3 is 0 Å². The number of aliphatic hydroxyl groups excluding tert-OH is 1. The van der Waals surface area contributed by atoms with Gasteiger partial charge in [-0.2, -0.15) is 0 Å². The summed E-state index contributed by atoms with van der Waals surface area (Å²) in [6.45, 7) is 2.14. The second-order valence-electron chi connectivity index (χ2n) is 9.33. The zero-order valence-corrected chi connectivity index (χ0v) is 18.4. The van der Waals surface area contributed by atoms with E-state index in [0.717, 1.165) is 65.9 Å². The minimum Gasteiger partial charge on any atom is -0.394 e. The van der Waals surface area contributed by atoms with Gasteiger partial charge in [-0.25, -0.2) is 4.98 Å². The third-order valence-electron chi connectivity index (χ3n) is 7.57. The van der Waals surface area contributed by atoms with Crippen LogP contribution < -0.4 is 10.2 Å². The fourth-order valence-corrected chi connectivity index (χ4v) is 7.12. The molecule has 3 atom stereocenters. The van der Waals surface area contributed by atoms with Crippen molar-refractivity contribution in [3.8, 4) is 0 Å². The lowest BCUT2D eigenvalue weighted by molar-refractivity contribution is 0.144. The van der Waals surface area contributed by atoms with Gasteiger partial charge in [0.25, 0.3) is 0 Å². The fourth-order valence-electron chi connectivity index (χ4n) is 5.65. The molecular weight excluding hydrogens is 418 g/mol. The van der Waals surface area contributed by atoms with Gasteiger partial charge in [0.2, 0.25) is 0 Å². The summed E-state index contributed by atoms with van der Waals surface area (Å²) in [5.41, 5.74) is 3.03. The molecule has 2 aliphatic heterocycles. The molecule has 3 fully saturated rings. The molecule has 7 heteroatoms. The van der Waals surface area contributed by atoms with Crippen molar-refractivity contribution in [1.29, 1.82) is 0 Å². The Hall–Kier alpha value is -1.63. The Morgan fingerprint density at radius 1 is 1.23 bits per heavy atom. The van der Waals surface area contributed by atoms with Crippen LogP contribution in [0.25, 0.3) is 0 Å². The van der Waals surface area contributed by atoms with Crippen molar-refractivity contribution < 1.29 is 9.32 Å². The molecule has 3 heterocycles. The first-order chi connectivity index (χ1) is 14.6. The van der Waals surface area contributed by atoms with Crippen LogP contribution in [0.1, 0.15) is 36.4 Å². The Balaban J connectivity index is 1.25. The summed E-state index contributed by atoms with van der Waals surface area (Å²) in [7, 11) is -1.00. The molecule has 0 amide bonds. The van der Waals surface area contributed by atoms with Gasteiger partial charge in [0.15, 0.2) is 0 Å². The van der Waals surface area contributed by atoms with Crippen molar-refractivity contribution in [2.75, 3.05) is 35.7 Å². The van der Waals surface area contributed by atoms with Crippen molar-refractivity contribution in [2.45, 2.75) is 42.0 Å². The Morgan fingerprint density at radius 2 is 1.97 bits per heavy atom. The minimum atomic E-state index is -1.00. The summed E-state index contributed by atoms with van der Waals surface area (Å²) in [5, 5.41) is 14.3. The first-order valence-electron chi connectivity index (χ1n) is 10.9. The van der Waals surface area contributed by atoms with E-state index in [1.54, 1.807) is 0 Å². The van der Waals surface area contributed by atoms with Crippen LogP contribution in [0.15, 0.2) is 35.2 Å². The minimum absolute atomic E-state index is 0.114. The first kappa shape index (κ1) is 19.1. The number of rotatable bonds is 5. The van der Waals surface area contributed by atoms with Crippen molar-refractivity contribution in [1.82, 2.24) is 4.98 Å². The number of nitrogens with one attached hydrogen (secondary N) is 1. The van der Waals surface area contributed by atoms with Gasteiger partial charge in [0, 0.05) is 36.4 Å². The molecule has 6 rings (SSSR count). The second kappa shape index (κ2) is 6.94. The van der Waals surface area contributed by atoms with E-state index in [9.17, 15) is 9.32 Å². The third-order valence-corrected chi connectivity index (χ3v) is 9.31.